The summed E-state index contributed by atoms with van der Waals surface area (Å²) in [6, 6.07) is 16.4. The Morgan fingerprint density at radius 2 is 1.88 bits per heavy atom. The van der Waals surface area contributed by atoms with E-state index in [0.29, 0.717) is 31.0 Å². The van der Waals surface area contributed by atoms with Crippen LogP contribution >= 0.6 is 23.5 Å². The van der Waals surface area contributed by atoms with Gasteiger partial charge < -0.3 is 15.5 Å². The van der Waals surface area contributed by atoms with Crippen LogP contribution in [-0.2, 0) is 17.6 Å². The predicted octanol–water partition coefficient (Wildman–Crippen LogP) is 5.44. The molecule has 33 heavy (non-hydrogen) atoms. The Bertz CT molecular complexity index is 864. The number of carboxylic acids is 1. The number of β-amino-alcohol motifs (C(OH)–C–C–N with tert-alkyl or cyclic N) is 1. The van der Waals surface area contributed by atoms with Crippen molar-refractivity contribution in [2.24, 2.45) is 0 Å². The van der Waals surface area contributed by atoms with Crippen molar-refractivity contribution in [3.05, 3.63) is 64.7 Å². The third-order valence-corrected chi connectivity index (χ3v) is 6.79. The molecule has 0 fully saturated rings. The highest BCUT2D eigenvalue weighted by molar-refractivity contribution is 7.97. The summed E-state index contributed by atoms with van der Waals surface area (Å²) in [5.74, 6) is -0.788. The molecule has 182 valence electrons. The number of hydrogen-bond acceptors (Lipinski definition) is 5. The van der Waals surface area contributed by atoms with E-state index in [2.05, 4.69) is 43.4 Å². The van der Waals surface area contributed by atoms with Crippen molar-refractivity contribution in [3.8, 4) is 0 Å². The first-order valence-corrected chi connectivity index (χ1v) is 12.7. The minimum Gasteiger partial charge on any atom is -0.481 e. The van der Waals surface area contributed by atoms with E-state index in [1.807, 2.05) is 35.6 Å². The van der Waals surface area contributed by atoms with Crippen LogP contribution in [0.15, 0.2) is 53.4 Å². The van der Waals surface area contributed by atoms with Gasteiger partial charge in [-0.3, -0.25) is 4.79 Å². The number of aliphatic hydroxyl groups excluding tert-OH is 1. The van der Waals surface area contributed by atoms with Gasteiger partial charge in [0.25, 0.3) is 0 Å². The van der Waals surface area contributed by atoms with Gasteiger partial charge in [-0.2, -0.15) is 0 Å². The molecule has 0 spiro atoms. The van der Waals surface area contributed by atoms with E-state index in [4.69, 9.17) is 16.7 Å². The number of aliphatic hydroxyl groups is 1. The van der Waals surface area contributed by atoms with Gasteiger partial charge in [-0.15, -0.1) is 0 Å². The maximum atomic E-state index is 10.7. The SMILES string of the molecule is CN(CC(O)CNC(C)(C)CCCc1ccccc1)Sc1ccc(CCCC(=O)O)c(Cl)c1. The summed E-state index contributed by atoms with van der Waals surface area (Å²) in [6.07, 6.45) is 4.09. The van der Waals surface area contributed by atoms with Gasteiger partial charge in [0.2, 0.25) is 0 Å². The average molecular weight is 493 g/mol. The van der Waals surface area contributed by atoms with Crippen molar-refractivity contribution in [2.45, 2.75) is 68.9 Å². The molecule has 2 aromatic carbocycles. The number of benzene rings is 2. The van der Waals surface area contributed by atoms with Crippen molar-refractivity contribution in [3.63, 3.8) is 0 Å². The number of carbonyl (C=O) groups is 1. The Hall–Kier alpha value is -1.57. The van der Waals surface area contributed by atoms with Crippen LogP contribution in [0.1, 0.15) is 50.7 Å². The van der Waals surface area contributed by atoms with Crippen molar-refractivity contribution < 1.29 is 15.0 Å². The lowest BCUT2D eigenvalue weighted by atomic mass is 9.95. The third kappa shape index (κ3) is 11.4. The topological polar surface area (TPSA) is 72.8 Å². The van der Waals surface area contributed by atoms with Crippen LogP contribution < -0.4 is 5.32 Å². The van der Waals surface area contributed by atoms with Gasteiger partial charge in [0.05, 0.1) is 6.10 Å². The molecule has 3 N–H and O–H groups in total. The van der Waals surface area contributed by atoms with Crippen molar-refractivity contribution >= 4 is 29.5 Å². The number of nitrogens with one attached hydrogen (secondary N) is 1. The Labute approximate surface area is 207 Å². The number of nitrogens with zero attached hydrogens (tertiary/aromatic N) is 1. The zero-order valence-electron chi connectivity index (χ0n) is 19.9. The van der Waals surface area contributed by atoms with Gasteiger partial charge in [0, 0.05) is 35.0 Å². The second-order valence-corrected chi connectivity index (χ2v) is 10.8. The molecule has 7 heteroatoms. The molecule has 0 aliphatic carbocycles. The third-order valence-electron chi connectivity index (χ3n) is 5.52. The normalized spacial score (nSPS) is 12.8. The standard InChI is InChI=1S/C26H37ClN2O3S/c1-26(2,16-8-11-20-9-5-4-6-10-20)28-18-22(30)19-29(3)33-23-15-14-21(24(27)17-23)12-7-13-25(31)32/h4-6,9-10,14-15,17,22,28,30H,7-8,11-13,16,18-19H2,1-3H3,(H,31,32). The average Bonchev–Trinajstić information content (AvgIpc) is 2.74. The van der Waals surface area contributed by atoms with Crippen molar-refractivity contribution in [2.75, 3.05) is 20.1 Å². The van der Waals surface area contributed by atoms with Crippen LogP contribution in [-0.4, -0.2) is 52.3 Å². The molecular formula is C26H37ClN2O3S. The highest BCUT2D eigenvalue weighted by atomic mass is 35.5. The zero-order chi connectivity index (χ0) is 24.3. The van der Waals surface area contributed by atoms with E-state index >= 15 is 0 Å². The lowest BCUT2D eigenvalue weighted by molar-refractivity contribution is -0.137. The molecule has 0 aliphatic heterocycles. The van der Waals surface area contributed by atoms with Gasteiger partial charge in [-0.05, 0) is 88.2 Å². The maximum Gasteiger partial charge on any atom is 0.303 e. The van der Waals surface area contributed by atoms with Crippen LogP contribution in [0.25, 0.3) is 0 Å². The summed E-state index contributed by atoms with van der Waals surface area (Å²) >= 11 is 7.91. The summed E-state index contributed by atoms with van der Waals surface area (Å²) in [4.78, 5) is 11.7. The summed E-state index contributed by atoms with van der Waals surface area (Å²) in [5.41, 5.74) is 2.29. The van der Waals surface area contributed by atoms with Gasteiger partial charge in [0.1, 0.15) is 0 Å². The largest absolute Gasteiger partial charge is 0.481 e. The molecular weight excluding hydrogens is 456 g/mol. The van der Waals surface area contributed by atoms with E-state index in [-0.39, 0.29) is 12.0 Å². The van der Waals surface area contributed by atoms with Crippen molar-refractivity contribution in [1.82, 2.24) is 9.62 Å². The van der Waals surface area contributed by atoms with E-state index in [1.165, 1.54) is 17.5 Å². The highest BCUT2D eigenvalue weighted by Crippen LogP contribution is 2.28. The molecule has 0 aromatic heterocycles. The molecule has 0 bridgehead atoms. The van der Waals surface area contributed by atoms with Crippen LogP contribution in [0.3, 0.4) is 0 Å². The summed E-state index contributed by atoms with van der Waals surface area (Å²) in [7, 11) is 1.95. The molecule has 1 atom stereocenters. The van der Waals surface area contributed by atoms with Crippen LogP contribution in [0, 0.1) is 0 Å². The van der Waals surface area contributed by atoms with Gasteiger partial charge in [-0.1, -0.05) is 48.0 Å². The fraction of sp³-hybridized carbons (Fsp3) is 0.500. The minimum absolute atomic E-state index is 0.0362. The first-order chi connectivity index (χ1) is 15.6. The number of likely N-dealkylation sites (N-methyl/N-ethyl adjacent to an activating group) is 1. The Balaban J connectivity index is 1.71. The maximum absolute atomic E-state index is 10.7. The van der Waals surface area contributed by atoms with Gasteiger partial charge in [0.15, 0.2) is 0 Å². The number of hydrogen-bond donors (Lipinski definition) is 3. The molecule has 0 amide bonds. The lowest BCUT2D eigenvalue weighted by Gasteiger charge is -2.29. The smallest absolute Gasteiger partial charge is 0.303 e. The minimum atomic E-state index is -0.788. The van der Waals surface area contributed by atoms with Crippen LogP contribution in [0.2, 0.25) is 5.02 Å². The molecule has 1 unspecified atom stereocenters. The first-order valence-electron chi connectivity index (χ1n) is 11.5. The Morgan fingerprint density at radius 1 is 1.15 bits per heavy atom. The second kappa shape index (κ2) is 14.0. The summed E-state index contributed by atoms with van der Waals surface area (Å²) in [5, 5.41) is 23.4. The van der Waals surface area contributed by atoms with Crippen LogP contribution in [0.5, 0.6) is 0 Å². The summed E-state index contributed by atoms with van der Waals surface area (Å²) < 4.78 is 2.00. The number of carboxylic acid groups (broad SMARTS) is 1. The van der Waals surface area contributed by atoms with Gasteiger partial charge >= 0.3 is 5.97 Å². The van der Waals surface area contributed by atoms with E-state index in [1.54, 1.807) is 0 Å². The van der Waals surface area contributed by atoms with Crippen LogP contribution in [0.4, 0.5) is 0 Å². The molecule has 5 nitrogen and oxygen atoms in total. The second-order valence-electron chi connectivity index (χ2n) is 9.16. The fourth-order valence-electron chi connectivity index (χ4n) is 3.66. The van der Waals surface area contributed by atoms with E-state index in [0.717, 1.165) is 29.7 Å². The molecule has 0 saturated carbocycles. The number of aliphatic carboxylic acids is 1. The fourth-order valence-corrected chi connectivity index (χ4v) is 4.90. The number of rotatable bonds is 15. The number of aryl methyl sites for hydroxylation is 2. The zero-order valence-corrected chi connectivity index (χ0v) is 21.5. The number of halogens is 1. The molecule has 0 heterocycles. The quantitative estimate of drug-likeness (QED) is 0.287. The molecule has 2 aromatic rings. The Morgan fingerprint density at radius 3 is 2.55 bits per heavy atom. The monoisotopic (exact) mass is 492 g/mol. The molecule has 2 rings (SSSR count). The lowest BCUT2D eigenvalue weighted by Crippen LogP contribution is -2.45. The first kappa shape index (κ1) is 27.7. The van der Waals surface area contributed by atoms with E-state index < -0.39 is 12.1 Å². The van der Waals surface area contributed by atoms with Gasteiger partial charge in [-0.25, -0.2) is 4.31 Å². The molecule has 0 radical (unpaired) electrons. The van der Waals surface area contributed by atoms with Crippen molar-refractivity contribution in [1.29, 1.82) is 0 Å². The molecule has 0 aliphatic rings. The van der Waals surface area contributed by atoms with E-state index in [9.17, 15) is 9.90 Å². The Kier molecular flexibility index (Phi) is 11.7. The highest BCUT2D eigenvalue weighted by Gasteiger charge is 2.19. The molecule has 0 saturated heterocycles. The predicted molar refractivity (Wildman–Crippen MR) is 138 cm³/mol. The summed E-state index contributed by atoms with van der Waals surface area (Å²) in [6.45, 7) is 5.43.